The van der Waals surface area contributed by atoms with E-state index in [1.165, 1.54) is 5.56 Å². The van der Waals surface area contributed by atoms with Crippen LogP contribution in [-0.2, 0) is 11.3 Å². The second-order valence-corrected chi connectivity index (χ2v) is 6.76. The molecule has 8 heteroatoms. The summed E-state index contributed by atoms with van der Waals surface area (Å²) in [5, 5.41) is 6.84. The van der Waals surface area contributed by atoms with Crippen LogP contribution in [0.25, 0.3) is 0 Å². The van der Waals surface area contributed by atoms with Crippen molar-refractivity contribution in [2.45, 2.75) is 26.4 Å². The first-order valence-electron chi connectivity index (χ1n) is 10.5. The van der Waals surface area contributed by atoms with Crippen LogP contribution in [0.15, 0.2) is 53.7 Å². The molecule has 0 amide bonds. The van der Waals surface area contributed by atoms with Crippen molar-refractivity contribution in [2.75, 3.05) is 47.0 Å². The molecule has 1 atom stereocenters. The Balaban J connectivity index is 0.00000480. The Bertz CT molecular complexity index is 757. The van der Waals surface area contributed by atoms with E-state index in [1.54, 1.807) is 20.4 Å². The first kappa shape index (κ1) is 27.1. The minimum Gasteiger partial charge on any atom is -0.475 e. The molecule has 7 nitrogen and oxygen atoms in total. The van der Waals surface area contributed by atoms with Crippen molar-refractivity contribution in [1.82, 2.24) is 20.5 Å². The van der Waals surface area contributed by atoms with Crippen LogP contribution < -0.4 is 15.4 Å². The Morgan fingerprint density at radius 2 is 1.81 bits per heavy atom. The van der Waals surface area contributed by atoms with E-state index in [0.717, 1.165) is 31.2 Å². The highest BCUT2D eigenvalue weighted by atomic mass is 127. The largest absolute Gasteiger partial charge is 0.475 e. The van der Waals surface area contributed by atoms with Gasteiger partial charge < -0.3 is 20.1 Å². The van der Waals surface area contributed by atoms with Crippen LogP contribution in [0.5, 0.6) is 5.88 Å². The van der Waals surface area contributed by atoms with Crippen molar-refractivity contribution in [3.63, 3.8) is 0 Å². The molecule has 0 aliphatic heterocycles. The second kappa shape index (κ2) is 15.8. The number of likely N-dealkylation sites (N-methyl/N-ethyl adjacent to an activating group) is 1. The first-order chi connectivity index (χ1) is 14.7. The van der Waals surface area contributed by atoms with E-state index < -0.39 is 0 Å². The lowest BCUT2D eigenvalue weighted by molar-refractivity contribution is 0.143. The van der Waals surface area contributed by atoms with Gasteiger partial charge >= 0.3 is 0 Å². The van der Waals surface area contributed by atoms with Gasteiger partial charge in [0.25, 0.3) is 0 Å². The summed E-state index contributed by atoms with van der Waals surface area (Å²) in [5.74, 6) is 1.36. The number of rotatable bonds is 12. The van der Waals surface area contributed by atoms with Gasteiger partial charge in [-0.15, -0.1) is 24.0 Å². The Labute approximate surface area is 203 Å². The molecule has 2 aromatic rings. The molecule has 2 rings (SSSR count). The Morgan fingerprint density at radius 3 is 2.45 bits per heavy atom. The average Bonchev–Trinajstić information content (AvgIpc) is 2.80. The molecule has 0 aliphatic carbocycles. The lowest BCUT2D eigenvalue weighted by Gasteiger charge is -2.30. The summed E-state index contributed by atoms with van der Waals surface area (Å²) in [6.45, 7) is 8.69. The summed E-state index contributed by atoms with van der Waals surface area (Å²) in [4.78, 5) is 11.2. The highest BCUT2D eigenvalue weighted by Crippen LogP contribution is 2.19. The minimum absolute atomic E-state index is 0. The van der Waals surface area contributed by atoms with Crippen molar-refractivity contribution >= 4 is 29.9 Å². The van der Waals surface area contributed by atoms with Crippen LogP contribution in [0.4, 0.5) is 0 Å². The number of methoxy groups -OCH3 is 1. The molecule has 1 heterocycles. The summed E-state index contributed by atoms with van der Waals surface area (Å²) >= 11 is 0. The summed E-state index contributed by atoms with van der Waals surface area (Å²) in [7, 11) is 3.43. The van der Waals surface area contributed by atoms with Crippen LogP contribution in [0.3, 0.4) is 0 Å². The van der Waals surface area contributed by atoms with Gasteiger partial charge in [0.15, 0.2) is 5.96 Å². The molecule has 0 spiro atoms. The Hall–Kier alpha value is -1.91. The van der Waals surface area contributed by atoms with E-state index in [9.17, 15) is 0 Å². The van der Waals surface area contributed by atoms with Crippen LogP contribution in [0, 0.1) is 0 Å². The fraction of sp³-hybridized carbons (Fsp3) is 0.478. The number of aliphatic imine (C=N–C) groups is 1. The van der Waals surface area contributed by atoms with Gasteiger partial charge in [0.1, 0.15) is 6.61 Å². The number of aromatic nitrogens is 1. The third kappa shape index (κ3) is 9.00. The Morgan fingerprint density at radius 1 is 1.06 bits per heavy atom. The number of pyridine rings is 1. The lowest BCUT2D eigenvalue weighted by atomic mass is 10.1. The molecule has 0 saturated carbocycles. The molecule has 0 bridgehead atoms. The highest BCUT2D eigenvalue weighted by Gasteiger charge is 2.18. The standard InChI is InChI=1S/C23H35N5O2.HI/c1-5-28(6-2)21(19-11-8-7-9-12-19)18-27-23(24-3)26-17-20-13-10-14-25-22(20)30-16-15-29-4;/h7-14,21H,5-6,15-18H2,1-4H3,(H2,24,26,27);1H. The quantitative estimate of drug-likeness (QED) is 0.186. The number of ether oxygens (including phenoxy) is 2. The molecule has 2 N–H and O–H groups in total. The molecule has 172 valence electrons. The molecule has 31 heavy (non-hydrogen) atoms. The fourth-order valence-electron chi connectivity index (χ4n) is 3.30. The second-order valence-electron chi connectivity index (χ2n) is 6.76. The van der Waals surface area contributed by atoms with E-state index in [1.807, 2.05) is 12.1 Å². The zero-order valence-corrected chi connectivity index (χ0v) is 21.3. The molecule has 0 saturated heterocycles. The predicted molar refractivity (Wildman–Crippen MR) is 137 cm³/mol. The maximum atomic E-state index is 5.72. The van der Waals surface area contributed by atoms with E-state index >= 15 is 0 Å². The Kier molecular flexibility index (Phi) is 13.8. The summed E-state index contributed by atoms with van der Waals surface area (Å²) in [6.07, 6.45) is 1.73. The van der Waals surface area contributed by atoms with Crippen molar-refractivity contribution in [2.24, 2.45) is 4.99 Å². The number of guanidine groups is 1. The highest BCUT2D eigenvalue weighted by molar-refractivity contribution is 14.0. The van der Waals surface area contributed by atoms with E-state index in [2.05, 4.69) is 69.7 Å². The third-order valence-electron chi connectivity index (χ3n) is 4.95. The molecular weight excluding hydrogens is 505 g/mol. The normalized spacial score (nSPS) is 12.2. The zero-order chi connectivity index (χ0) is 21.6. The zero-order valence-electron chi connectivity index (χ0n) is 19.0. The number of hydrogen-bond acceptors (Lipinski definition) is 5. The number of hydrogen-bond donors (Lipinski definition) is 2. The maximum absolute atomic E-state index is 5.72. The van der Waals surface area contributed by atoms with Gasteiger partial charge in [-0.2, -0.15) is 0 Å². The van der Waals surface area contributed by atoms with Crippen molar-refractivity contribution in [1.29, 1.82) is 0 Å². The van der Waals surface area contributed by atoms with Gasteiger partial charge in [0, 0.05) is 39.0 Å². The van der Waals surface area contributed by atoms with Crippen LogP contribution in [-0.4, -0.2) is 62.8 Å². The van der Waals surface area contributed by atoms with Crippen molar-refractivity contribution in [3.8, 4) is 5.88 Å². The fourth-order valence-corrected chi connectivity index (χ4v) is 3.30. The van der Waals surface area contributed by atoms with Gasteiger partial charge in [-0.05, 0) is 24.7 Å². The van der Waals surface area contributed by atoms with Gasteiger partial charge in [-0.25, -0.2) is 4.98 Å². The molecule has 0 aliphatic rings. The average molecular weight is 541 g/mol. The van der Waals surface area contributed by atoms with E-state index in [-0.39, 0.29) is 30.0 Å². The number of halogens is 1. The maximum Gasteiger partial charge on any atom is 0.218 e. The molecule has 1 aromatic heterocycles. The SMILES string of the molecule is CCN(CC)C(CNC(=NC)NCc1cccnc1OCCOC)c1ccccc1.I. The van der Waals surface area contributed by atoms with Gasteiger partial charge in [0.05, 0.1) is 12.6 Å². The molecule has 0 radical (unpaired) electrons. The van der Waals surface area contributed by atoms with E-state index in [4.69, 9.17) is 9.47 Å². The van der Waals surface area contributed by atoms with E-state index in [0.29, 0.717) is 25.6 Å². The summed E-state index contributed by atoms with van der Waals surface area (Å²) in [5.41, 5.74) is 2.27. The third-order valence-corrected chi connectivity index (χ3v) is 4.95. The van der Waals surface area contributed by atoms with Gasteiger partial charge in [-0.3, -0.25) is 9.89 Å². The van der Waals surface area contributed by atoms with Crippen molar-refractivity contribution < 1.29 is 9.47 Å². The predicted octanol–water partition coefficient (Wildman–Crippen LogP) is 3.47. The lowest BCUT2D eigenvalue weighted by Crippen LogP contribution is -2.43. The minimum atomic E-state index is 0. The molecule has 0 fully saturated rings. The molecular formula is C23H36IN5O2. The number of nitrogens with one attached hydrogen (secondary N) is 2. The summed E-state index contributed by atoms with van der Waals surface area (Å²) < 4.78 is 10.8. The molecule has 1 unspecified atom stereocenters. The topological polar surface area (TPSA) is 71.0 Å². The summed E-state index contributed by atoms with van der Waals surface area (Å²) in [6, 6.07) is 14.8. The monoisotopic (exact) mass is 541 g/mol. The molecule has 1 aromatic carbocycles. The van der Waals surface area contributed by atoms with Crippen LogP contribution in [0.1, 0.15) is 31.0 Å². The van der Waals surface area contributed by atoms with Crippen LogP contribution in [0.2, 0.25) is 0 Å². The number of benzene rings is 1. The van der Waals surface area contributed by atoms with Gasteiger partial charge in [0.2, 0.25) is 5.88 Å². The van der Waals surface area contributed by atoms with Gasteiger partial charge in [-0.1, -0.05) is 50.2 Å². The first-order valence-corrected chi connectivity index (χ1v) is 10.5. The number of nitrogens with zero attached hydrogens (tertiary/aromatic N) is 3. The van der Waals surface area contributed by atoms with Crippen LogP contribution >= 0.6 is 24.0 Å². The van der Waals surface area contributed by atoms with Crippen molar-refractivity contribution in [3.05, 3.63) is 59.8 Å². The smallest absolute Gasteiger partial charge is 0.218 e.